The Hall–Kier alpha value is -2.38. The summed E-state index contributed by atoms with van der Waals surface area (Å²) in [5.41, 5.74) is 5.56. The zero-order valence-electron chi connectivity index (χ0n) is 11.4. The van der Waals surface area contributed by atoms with E-state index < -0.39 is 18.2 Å². The van der Waals surface area contributed by atoms with Crippen molar-refractivity contribution in [2.75, 3.05) is 5.73 Å². The molecule has 0 saturated heterocycles. The highest BCUT2D eigenvalue weighted by atomic mass is 19.3. The van der Waals surface area contributed by atoms with Crippen molar-refractivity contribution < 1.29 is 22.6 Å². The second kappa shape index (κ2) is 5.94. The molecule has 1 aromatic carbocycles. The Morgan fingerprint density at radius 3 is 2.52 bits per heavy atom. The zero-order chi connectivity index (χ0) is 15.6. The molecule has 0 saturated carbocycles. The number of anilines is 1. The summed E-state index contributed by atoms with van der Waals surface area (Å²) < 4.78 is 48.9. The molecule has 0 bridgehead atoms. The van der Waals surface area contributed by atoms with Crippen LogP contribution >= 0.6 is 0 Å². The minimum atomic E-state index is -3.14. The van der Waals surface area contributed by atoms with Crippen LogP contribution in [0.15, 0.2) is 24.5 Å². The highest BCUT2D eigenvalue weighted by Crippen LogP contribution is 2.34. The van der Waals surface area contributed by atoms with Crippen molar-refractivity contribution in [1.29, 1.82) is 0 Å². The van der Waals surface area contributed by atoms with Crippen molar-refractivity contribution in [3.05, 3.63) is 30.3 Å². The Labute approximate surface area is 119 Å². The topological polar surface area (TPSA) is 62.3 Å². The molecule has 0 aliphatic carbocycles. The summed E-state index contributed by atoms with van der Waals surface area (Å²) in [6.45, 7) is 0.717. The second-order valence-corrected chi connectivity index (χ2v) is 4.55. The normalized spacial score (nSPS) is 11.2. The third-order valence-electron chi connectivity index (χ3n) is 2.62. The van der Waals surface area contributed by atoms with Crippen molar-refractivity contribution >= 4 is 5.69 Å². The number of hydrogen-bond acceptors (Lipinski definition) is 4. The number of hydrogen-bond donors (Lipinski definition) is 1. The molecule has 2 aromatic rings. The summed E-state index contributed by atoms with van der Waals surface area (Å²) in [7, 11) is 0. The van der Waals surface area contributed by atoms with Crippen LogP contribution in [0.4, 0.5) is 18.9 Å². The Morgan fingerprint density at radius 2 is 1.95 bits per heavy atom. The third kappa shape index (κ3) is 3.59. The molecular formula is C13H14F3N3O2. The molecule has 8 heteroatoms. The van der Waals surface area contributed by atoms with Gasteiger partial charge in [0.25, 0.3) is 0 Å². The number of rotatable bonds is 5. The summed E-state index contributed by atoms with van der Waals surface area (Å²) in [6.07, 6.45) is 3.05. The molecule has 2 rings (SSSR count). The van der Waals surface area contributed by atoms with Crippen LogP contribution in [0.3, 0.4) is 0 Å². The molecule has 2 N–H and O–H groups in total. The van der Waals surface area contributed by atoms with Gasteiger partial charge in [-0.25, -0.2) is 4.39 Å². The lowest BCUT2D eigenvalue weighted by Gasteiger charge is -2.11. The largest absolute Gasteiger partial charge is 0.452 e. The van der Waals surface area contributed by atoms with E-state index in [0.29, 0.717) is 5.75 Å². The van der Waals surface area contributed by atoms with Crippen LogP contribution in [-0.4, -0.2) is 16.4 Å². The van der Waals surface area contributed by atoms with Gasteiger partial charge >= 0.3 is 6.61 Å². The van der Waals surface area contributed by atoms with Crippen LogP contribution in [-0.2, 0) is 0 Å². The lowest BCUT2D eigenvalue weighted by Crippen LogP contribution is -2.05. The van der Waals surface area contributed by atoms with Crippen LogP contribution in [0.1, 0.15) is 19.9 Å². The number of nitrogen functional groups attached to an aromatic ring is 1. The number of nitrogens with two attached hydrogens (primary N) is 1. The summed E-state index contributed by atoms with van der Waals surface area (Å²) in [5.74, 6) is -1.26. The molecular weight excluding hydrogens is 287 g/mol. The molecule has 0 amide bonds. The van der Waals surface area contributed by atoms with Crippen molar-refractivity contribution in [3.8, 4) is 17.2 Å². The molecule has 114 valence electrons. The fraction of sp³-hybridized carbons (Fsp3) is 0.308. The molecule has 5 nitrogen and oxygen atoms in total. The summed E-state index contributed by atoms with van der Waals surface area (Å²) in [5, 5.41) is 4.06. The van der Waals surface area contributed by atoms with E-state index in [1.807, 2.05) is 13.8 Å². The summed E-state index contributed by atoms with van der Waals surface area (Å²) in [4.78, 5) is 0. The van der Waals surface area contributed by atoms with Crippen molar-refractivity contribution in [1.82, 2.24) is 9.78 Å². The van der Waals surface area contributed by atoms with E-state index in [9.17, 15) is 13.2 Å². The van der Waals surface area contributed by atoms with Gasteiger partial charge in [0.15, 0.2) is 23.1 Å². The van der Waals surface area contributed by atoms with Crippen LogP contribution in [0, 0.1) is 5.82 Å². The van der Waals surface area contributed by atoms with E-state index in [-0.39, 0.29) is 17.5 Å². The van der Waals surface area contributed by atoms with Gasteiger partial charge in [-0.05, 0) is 13.8 Å². The number of ether oxygens (including phenoxy) is 2. The van der Waals surface area contributed by atoms with Gasteiger partial charge in [-0.3, -0.25) is 4.68 Å². The average molecular weight is 301 g/mol. The first-order chi connectivity index (χ1) is 9.86. The number of nitrogens with zero attached hydrogens (tertiary/aromatic N) is 2. The van der Waals surface area contributed by atoms with Gasteiger partial charge in [-0.15, -0.1) is 0 Å². The van der Waals surface area contributed by atoms with E-state index in [0.717, 1.165) is 12.1 Å². The summed E-state index contributed by atoms with van der Waals surface area (Å²) in [6, 6.07) is 1.97. The Bertz CT molecular complexity index is 629. The first kappa shape index (κ1) is 15.0. The van der Waals surface area contributed by atoms with Gasteiger partial charge in [0, 0.05) is 18.2 Å². The van der Waals surface area contributed by atoms with Crippen LogP contribution < -0.4 is 15.2 Å². The molecule has 1 aromatic heterocycles. The number of alkyl halides is 2. The predicted molar refractivity (Wildman–Crippen MR) is 70.1 cm³/mol. The lowest BCUT2D eigenvalue weighted by molar-refractivity contribution is -0.0522. The van der Waals surface area contributed by atoms with Gasteiger partial charge in [0.05, 0.1) is 18.1 Å². The molecule has 0 aliphatic heterocycles. The number of halogens is 3. The van der Waals surface area contributed by atoms with Crippen molar-refractivity contribution in [3.63, 3.8) is 0 Å². The Balaban J connectivity index is 2.25. The maximum atomic E-state index is 13.4. The lowest BCUT2D eigenvalue weighted by atomic mass is 10.2. The van der Waals surface area contributed by atoms with Gasteiger partial charge < -0.3 is 15.2 Å². The quantitative estimate of drug-likeness (QED) is 0.857. The molecule has 0 unspecified atom stereocenters. The van der Waals surface area contributed by atoms with Crippen LogP contribution in [0.5, 0.6) is 17.2 Å². The van der Waals surface area contributed by atoms with Gasteiger partial charge in [0.2, 0.25) is 0 Å². The number of aromatic nitrogens is 2. The van der Waals surface area contributed by atoms with Crippen LogP contribution in [0.2, 0.25) is 0 Å². The van der Waals surface area contributed by atoms with E-state index in [1.165, 1.54) is 6.20 Å². The molecule has 0 radical (unpaired) electrons. The molecule has 0 fully saturated rings. The molecule has 0 spiro atoms. The number of benzene rings is 1. The van der Waals surface area contributed by atoms with Crippen LogP contribution in [0.25, 0.3) is 0 Å². The second-order valence-electron chi connectivity index (χ2n) is 4.55. The van der Waals surface area contributed by atoms with E-state index in [1.54, 1.807) is 10.9 Å². The minimum absolute atomic E-state index is 0.00959. The highest BCUT2D eigenvalue weighted by Gasteiger charge is 2.15. The first-order valence-corrected chi connectivity index (χ1v) is 6.12. The molecule has 0 aliphatic rings. The maximum absolute atomic E-state index is 13.4. The van der Waals surface area contributed by atoms with Crippen molar-refractivity contribution in [2.24, 2.45) is 0 Å². The molecule has 1 heterocycles. The average Bonchev–Trinajstić information content (AvgIpc) is 2.83. The maximum Gasteiger partial charge on any atom is 0.387 e. The van der Waals surface area contributed by atoms with Gasteiger partial charge in [0.1, 0.15) is 0 Å². The monoisotopic (exact) mass is 301 g/mol. The molecule has 0 atom stereocenters. The summed E-state index contributed by atoms with van der Waals surface area (Å²) >= 11 is 0. The minimum Gasteiger partial charge on any atom is -0.452 e. The van der Waals surface area contributed by atoms with Crippen molar-refractivity contribution in [2.45, 2.75) is 26.5 Å². The Kier molecular flexibility index (Phi) is 4.25. The fourth-order valence-corrected chi connectivity index (χ4v) is 1.61. The fourth-order valence-electron chi connectivity index (χ4n) is 1.61. The standard InChI is InChI=1S/C13H14F3N3O2/c1-7(2)19-6-8(5-18-19)20-12-4-11(21-13(15)16)9(14)3-10(12)17/h3-7,13H,17H2,1-2H3. The Morgan fingerprint density at radius 1 is 1.24 bits per heavy atom. The SMILES string of the molecule is CC(C)n1cc(Oc2cc(OC(F)F)c(F)cc2N)cn1. The van der Waals surface area contributed by atoms with Gasteiger partial charge in [-0.2, -0.15) is 13.9 Å². The smallest absolute Gasteiger partial charge is 0.387 e. The van der Waals surface area contributed by atoms with Gasteiger partial charge in [-0.1, -0.05) is 0 Å². The van der Waals surface area contributed by atoms with E-state index >= 15 is 0 Å². The molecule has 21 heavy (non-hydrogen) atoms. The first-order valence-electron chi connectivity index (χ1n) is 6.12. The highest BCUT2D eigenvalue weighted by molar-refractivity contribution is 5.57. The van der Waals surface area contributed by atoms with E-state index in [4.69, 9.17) is 10.5 Å². The zero-order valence-corrected chi connectivity index (χ0v) is 11.4. The third-order valence-corrected chi connectivity index (χ3v) is 2.62. The van der Waals surface area contributed by atoms with E-state index in [2.05, 4.69) is 9.84 Å². The predicted octanol–water partition coefficient (Wildman–Crippen LogP) is 3.58.